The highest BCUT2D eigenvalue weighted by Gasteiger charge is 2.03. The van der Waals surface area contributed by atoms with Crippen molar-refractivity contribution in [3.8, 4) is 0 Å². The Morgan fingerprint density at radius 1 is 1.64 bits per heavy atom. The van der Waals surface area contributed by atoms with E-state index in [9.17, 15) is 0 Å². The summed E-state index contributed by atoms with van der Waals surface area (Å²) in [6.45, 7) is 1.89. The average molecular weight is 234 g/mol. The van der Waals surface area contributed by atoms with Gasteiger partial charge in [0.1, 0.15) is 6.10 Å². The molecule has 0 amide bonds. The molecule has 1 atom stereocenters. The standard InChI is InChI=1S/C7H8BrNOS/c1-5(10-11)7-3-2-6(8)4-9-7/h2-5,11H,1H3. The summed E-state index contributed by atoms with van der Waals surface area (Å²) < 4.78 is 5.76. The topological polar surface area (TPSA) is 22.1 Å². The molecule has 0 N–H and O–H groups in total. The largest absolute Gasteiger partial charge is 0.309 e. The Kier molecular flexibility index (Phi) is 3.36. The van der Waals surface area contributed by atoms with Crippen molar-refractivity contribution in [1.29, 1.82) is 0 Å². The van der Waals surface area contributed by atoms with Crippen molar-refractivity contribution in [2.24, 2.45) is 0 Å². The van der Waals surface area contributed by atoms with Crippen molar-refractivity contribution in [3.63, 3.8) is 0 Å². The van der Waals surface area contributed by atoms with Gasteiger partial charge in [-0.05, 0) is 47.9 Å². The van der Waals surface area contributed by atoms with E-state index < -0.39 is 0 Å². The molecule has 11 heavy (non-hydrogen) atoms. The number of halogens is 1. The predicted molar refractivity (Wildman–Crippen MR) is 50.4 cm³/mol. The summed E-state index contributed by atoms with van der Waals surface area (Å²) in [5.41, 5.74) is 0.878. The molecule has 0 bridgehead atoms. The minimum Gasteiger partial charge on any atom is -0.309 e. The summed E-state index contributed by atoms with van der Waals surface area (Å²) in [6, 6.07) is 3.82. The summed E-state index contributed by atoms with van der Waals surface area (Å²) in [5.74, 6) is 0. The molecule has 0 aromatic carbocycles. The summed E-state index contributed by atoms with van der Waals surface area (Å²) in [7, 11) is 0. The normalized spacial score (nSPS) is 13.0. The Balaban J connectivity index is 2.81. The molecule has 0 aliphatic heterocycles. The molecule has 0 fully saturated rings. The van der Waals surface area contributed by atoms with Crippen LogP contribution in [0, 0.1) is 0 Å². The van der Waals surface area contributed by atoms with Crippen LogP contribution in [0.5, 0.6) is 0 Å². The first-order valence-corrected chi connectivity index (χ1v) is 4.31. The van der Waals surface area contributed by atoms with Gasteiger partial charge in [-0.2, -0.15) is 0 Å². The van der Waals surface area contributed by atoms with Gasteiger partial charge in [-0.3, -0.25) is 4.98 Å². The van der Waals surface area contributed by atoms with Gasteiger partial charge in [0.25, 0.3) is 0 Å². The van der Waals surface area contributed by atoms with Crippen LogP contribution in [-0.4, -0.2) is 4.98 Å². The second kappa shape index (κ2) is 4.09. The molecule has 1 unspecified atom stereocenters. The lowest BCUT2D eigenvalue weighted by Gasteiger charge is -2.05. The lowest BCUT2D eigenvalue weighted by Crippen LogP contribution is -1.95. The van der Waals surface area contributed by atoms with E-state index >= 15 is 0 Å². The highest BCUT2D eigenvalue weighted by atomic mass is 79.9. The number of aromatic nitrogens is 1. The van der Waals surface area contributed by atoms with Gasteiger partial charge < -0.3 is 4.18 Å². The van der Waals surface area contributed by atoms with Crippen LogP contribution in [0.2, 0.25) is 0 Å². The first-order chi connectivity index (χ1) is 5.24. The molecule has 4 heteroatoms. The Labute approximate surface area is 79.7 Å². The summed E-state index contributed by atoms with van der Waals surface area (Å²) in [5, 5.41) is 0. The number of pyridine rings is 1. The second-order valence-corrected chi connectivity index (χ2v) is 3.28. The van der Waals surface area contributed by atoms with Gasteiger partial charge in [0.2, 0.25) is 0 Å². The maximum atomic E-state index is 4.79. The van der Waals surface area contributed by atoms with E-state index in [1.807, 2.05) is 19.1 Å². The fraction of sp³-hybridized carbons (Fsp3) is 0.286. The van der Waals surface area contributed by atoms with Crippen LogP contribution in [-0.2, 0) is 4.18 Å². The lowest BCUT2D eigenvalue weighted by atomic mass is 10.2. The number of nitrogens with zero attached hydrogens (tertiary/aromatic N) is 1. The zero-order valence-electron chi connectivity index (χ0n) is 5.99. The Hall–Kier alpha value is -0.0600. The molecular formula is C7H8BrNOS. The molecule has 1 aromatic rings. The molecule has 0 saturated carbocycles. The van der Waals surface area contributed by atoms with Crippen molar-refractivity contribution in [2.75, 3.05) is 0 Å². The van der Waals surface area contributed by atoms with Gasteiger partial charge >= 0.3 is 0 Å². The molecular weight excluding hydrogens is 226 g/mol. The minimum absolute atomic E-state index is 0.0635. The van der Waals surface area contributed by atoms with Crippen LogP contribution in [0.1, 0.15) is 18.7 Å². The molecule has 0 saturated heterocycles. The zero-order chi connectivity index (χ0) is 8.27. The maximum absolute atomic E-state index is 4.79. The van der Waals surface area contributed by atoms with E-state index in [0.29, 0.717) is 0 Å². The molecule has 0 aliphatic carbocycles. The number of rotatable bonds is 2. The van der Waals surface area contributed by atoms with E-state index in [0.717, 1.165) is 10.2 Å². The Bertz CT molecular complexity index is 226. The summed E-state index contributed by atoms with van der Waals surface area (Å²) in [4.78, 5) is 4.13. The third kappa shape index (κ3) is 2.47. The maximum Gasteiger partial charge on any atom is 0.111 e. The predicted octanol–water partition coefficient (Wildman–Crippen LogP) is 2.77. The van der Waals surface area contributed by atoms with Crippen LogP contribution in [0.15, 0.2) is 22.8 Å². The van der Waals surface area contributed by atoms with Gasteiger partial charge in [0.05, 0.1) is 5.69 Å². The molecule has 60 valence electrons. The third-order valence-electron chi connectivity index (χ3n) is 1.32. The first-order valence-electron chi connectivity index (χ1n) is 3.15. The van der Waals surface area contributed by atoms with E-state index in [2.05, 4.69) is 33.8 Å². The monoisotopic (exact) mass is 233 g/mol. The third-order valence-corrected chi connectivity index (χ3v) is 2.11. The van der Waals surface area contributed by atoms with Crippen LogP contribution >= 0.6 is 28.8 Å². The number of thiol groups is 1. The SMILES string of the molecule is CC(OS)c1ccc(Br)cn1. The summed E-state index contributed by atoms with van der Waals surface area (Å²) >= 11 is 7.00. The lowest BCUT2D eigenvalue weighted by molar-refractivity contribution is 0.272. The first kappa shape index (κ1) is 9.03. The molecule has 2 nitrogen and oxygen atoms in total. The molecule has 0 spiro atoms. The smallest absolute Gasteiger partial charge is 0.111 e. The second-order valence-electron chi connectivity index (χ2n) is 2.15. The van der Waals surface area contributed by atoms with E-state index in [1.54, 1.807) is 6.20 Å². The van der Waals surface area contributed by atoms with Crippen LogP contribution in [0.25, 0.3) is 0 Å². The zero-order valence-corrected chi connectivity index (χ0v) is 8.47. The Morgan fingerprint density at radius 3 is 2.82 bits per heavy atom. The fourth-order valence-electron chi connectivity index (χ4n) is 0.682. The van der Waals surface area contributed by atoms with E-state index in [-0.39, 0.29) is 6.10 Å². The van der Waals surface area contributed by atoms with Crippen molar-refractivity contribution in [3.05, 3.63) is 28.5 Å². The van der Waals surface area contributed by atoms with E-state index in [1.165, 1.54) is 0 Å². The highest BCUT2D eigenvalue weighted by molar-refractivity contribution is 9.10. The fourth-order valence-corrected chi connectivity index (χ4v) is 1.02. The molecule has 0 aliphatic rings. The van der Waals surface area contributed by atoms with Crippen molar-refractivity contribution >= 4 is 28.8 Å². The average Bonchev–Trinajstić information content (AvgIpc) is 2.05. The van der Waals surface area contributed by atoms with Gasteiger partial charge in [0.15, 0.2) is 0 Å². The van der Waals surface area contributed by atoms with Gasteiger partial charge in [0, 0.05) is 10.7 Å². The molecule has 1 heterocycles. The molecule has 0 radical (unpaired) electrons. The number of hydrogen-bond acceptors (Lipinski definition) is 3. The molecule has 1 rings (SSSR count). The quantitative estimate of drug-likeness (QED) is 0.627. The van der Waals surface area contributed by atoms with Crippen LogP contribution < -0.4 is 0 Å². The van der Waals surface area contributed by atoms with Crippen LogP contribution in [0.4, 0.5) is 0 Å². The van der Waals surface area contributed by atoms with Crippen molar-refractivity contribution in [2.45, 2.75) is 13.0 Å². The molecule has 1 aromatic heterocycles. The Morgan fingerprint density at radius 2 is 2.36 bits per heavy atom. The van der Waals surface area contributed by atoms with E-state index in [4.69, 9.17) is 4.18 Å². The number of hydrogen-bond donors (Lipinski definition) is 1. The van der Waals surface area contributed by atoms with Crippen molar-refractivity contribution < 1.29 is 4.18 Å². The van der Waals surface area contributed by atoms with Gasteiger partial charge in [-0.15, -0.1) is 0 Å². The van der Waals surface area contributed by atoms with Gasteiger partial charge in [-0.25, -0.2) is 0 Å². The highest BCUT2D eigenvalue weighted by Crippen LogP contribution is 2.16. The van der Waals surface area contributed by atoms with Crippen molar-refractivity contribution in [1.82, 2.24) is 4.98 Å². The minimum atomic E-state index is -0.0635. The van der Waals surface area contributed by atoms with Gasteiger partial charge in [-0.1, -0.05) is 0 Å². The van der Waals surface area contributed by atoms with Crippen LogP contribution in [0.3, 0.4) is 0 Å². The summed E-state index contributed by atoms with van der Waals surface area (Å²) in [6.07, 6.45) is 1.67.